The summed E-state index contributed by atoms with van der Waals surface area (Å²) >= 11 is 3.38. The molecule has 1 aliphatic rings. The molecule has 0 spiro atoms. The van der Waals surface area contributed by atoms with E-state index in [-0.39, 0.29) is 17.2 Å². The van der Waals surface area contributed by atoms with Crippen molar-refractivity contribution in [2.45, 2.75) is 5.92 Å². The van der Waals surface area contributed by atoms with E-state index in [2.05, 4.69) is 22.0 Å². The SMILES string of the molecule is N#CC1=C(N)Oc2cc(N)ccc2[C@H]1c1cc(Br)ccc1O. The largest absolute Gasteiger partial charge is 0.508 e. The van der Waals surface area contributed by atoms with Crippen LogP contribution in [0.25, 0.3) is 0 Å². The zero-order valence-corrected chi connectivity index (χ0v) is 13.0. The van der Waals surface area contributed by atoms with E-state index in [1.807, 2.05) is 0 Å². The van der Waals surface area contributed by atoms with Crippen molar-refractivity contribution in [3.8, 4) is 17.6 Å². The van der Waals surface area contributed by atoms with Gasteiger partial charge in [-0.15, -0.1) is 0 Å². The van der Waals surface area contributed by atoms with Crippen molar-refractivity contribution in [1.82, 2.24) is 0 Å². The number of rotatable bonds is 1. The van der Waals surface area contributed by atoms with Crippen LogP contribution in [0.15, 0.2) is 52.3 Å². The second-order valence-corrected chi connectivity index (χ2v) is 5.84. The number of anilines is 1. The van der Waals surface area contributed by atoms with Gasteiger partial charge in [-0.1, -0.05) is 22.0 Å². The Hall–Kier alpha value is -2.65. The highest BCUT2D eigenvalue weighted by molar-refractivity contribution is 9.10. The number of allylic oxidation sites excluding steroid dienone is 1. The number of nitriles is 1. The van der Waals surface area contributed by atoms with Crippen molar-refractivity contribution in [2.75, 3.05) is 5.73 Å². The Morgan fingerprint density at radius 2 is 1.91 bits per heavy atom. The molecule has 5 nitrogen and oxygen atoms in total. The normalized spacial score (nSPS) is 16.6. The third-order valence-electron chi connectivity index (χ3n) is 3.54. The van der Waals surface area contributed by atoms with Crippen molar-refractivity contribution in [1.29, 1.82) is 5.26 Å². The van der Waals surface area contributed by atoms with Crippen molar-refractivity contribution < 1.29 is 9.84 Å². The number of nitrogen functional groups attached to an aromatic ring is 1. The number of phenols is 1. The number of fused-ring (bicyclic) bond motifs is 1. The highest BCUT2D eigenvalue weighted by Crippen LogP contribution is 2.45. The molecule has 0 amide bonds. The first kappa shape index (κ1) is 14.3. The van der Waals surface area contributed by atoms with Gasteiger partial charge in [-0.25, -0.2) is 0 Å². The molecule has 0 aromatic heterocycles. The lowest BCUT2D eigenvalue weighted by Gasteiger charge is -2.27. The quantitative estimate of drug-likeness (QED) is 0.680. The van der Waals surface area contributed by atoms with Crippen LogP contribution < -0.4 is 16.2 Å². The number of benzene rings is 2. The Kier molecular flexibility index (Phi) is 3.43. The number of hydrogen-bond donors (Lipinski definition) is 3. The van der Waals surface area contributed by atoms with Gasteiger partial charge in [-0.3, -0.25) is 0 Å². The predicted octanol–water partition coefficient (Wildman–Crippen LogP) is 2.96. The number of nitrogens with zero attached hydrogens (tertiary/aromatic N) is 1. The van der Waals surface area contributed by atoms with Gasteiger partial charge in [0.1, 0.15) is 23.1 Å². The van der Waals surface area contributed by atoms with Crippen LogP contribution in [0, 0.1) is 11.3 Å². The van der Waals surface area contributed by atoms with E-state index in [1.54, 1.807) is 36.4 Å². The van der Waals surface area contributed by atoms with Crippen LogP contribution in [0.2, 0.25) is 0 Å². The van der Waals surface area contributed by atoms with Crippen LogP contribution in [-0.2, 0) is 0 Å². The monoisotopic (exact) mass is 357 g/mol. The Balaban J connectivity index is 2.28. The highest BCUT2D eigenvalue weighted by Gasteiger charge is 2.32. The van der Waals surface area contributed by atoms with Gasteiger partial charge >= 0.3 is 0 Å². The molecule has 0 fully saturated rings. The van der Waals surface area contributed by atoms with Crippen LogP contribution in [0.1, 0.15) is 17.0 Å². The van der Waals surface area contributed by atoms with Gasteiger partial charge in [-0.05, 0) is 24.3 Å². The molecule has 2 aromatic rings. The van der Waals surface area contributed by atoms with Gasteiger partial charge in [0.05, 0.1) is 5.92 Å². The van der Waals surface area contributed by atoms with Gasteiger partial charge < -0.3 is 21.3 Å². The van der Waals surface area contributed by atoms with Crippen molar-refractivity contribution >= 4 is 21.6 Å². The molecule has 5 N–H and O–H groups in total. The number of hydrogen-bond acceptors (Lipinski definition) is 5. The average Bonchev–Trinajstić information content (AvgIpc) is 2.48. The molecule has 22 heavy (non-hydrogen) atoms. The zero-order chi connectivity index (χ0) is 15.9. The van der Waals surface area contributed by atoms with Gasteiger partial charge in [0.25, 0.3) is 0 Å². The summed E-state index contributed by atoms with van der Waals surface area (Å²) in [5, 5.41) is 19.7. The van der Waals surface area contributed by atoms with Crippen LogP contribution in [0.3, 0.4) is 0 Å². The molecule has 2 aromatic carbocycles. The third kappa shape index (κ3) is 2.26. The fourth-order valence-electron chi connectivity index (χ4n) is 2.55. The van der Waals surface area contributed by atoms with E-state index in [4.69, 9.17) is 16.2 Å². The first-order valence-electron chi connectivity index (χ1n) is 6.46. The van der Waals surface area contributed by atoms with Crippen LogP contribution in [0.5, 0.6) is 11.5 Å². The second kappa shape index (κ2) is 5.28. The molecule has 6 heteroatoms. The Morgan fingerprint density at radius 3 is 2.64 bits per heavy atom. The van der Waals surface area contributed by atoms with Crippen LogP contribution in [-0.4, -0.2) is 5.11 Å². The van der Waals surface area contributed by atoms with Crippen molar-refractivity contribution in [2.24, 2.45) is 5.73 Å². The third-order valence-corrected chi connectivity index (χ3v) is 4.04. The van der Waals surface area contributed by atoms with Gasteiger partial charge in [0.15, 0.2) is 0 Å². The number of nitrogens with two attached hydrogens (primary N) is 2. The lowest BCUT2D eigenvalue weighted by atomic mass is 9.83. The average molecular weight is 358 g/mol. The molecule has 1 heterocycles. The number of phenolic OH excluding ortho intramolecular Hbond substituents is 1. The summed E-state index contributed by atoms with van der Waals surface area (Å²) in [5.41, 5.74) is 13.7. The van der Waals surface area contributed by atoms with E-state index in [1.165, 1.54) is 0 Å². The molecule has 1 aliphatic heterocycles. The maximum atomic E-state index is 10.2. The number of ether oxygens (including phenoxy) is 1. The summed E-state index contributed by atoms with van der Waals surface area (Å²) in [6.07, 6.45) is 0. The second-order valence-electron chi connectivity index (χ2n) is 4.93. The predicted molar refractivity (Wildman–Crippen MR) is 86.0 cm³/mol. The molecular weight excluding hydrogens is 346 g/mol. The Bertz CT molecular complexity index is 840. The van der Waals surface area contributed by atoms with Gasteiger partial charge in [0.2, 0.25) is 5.88 Å². The molecular formula is C16H12BrN3O2. The number of aromatic hydroxyl groups is 1. The summed E-state index contributed by atoms with van der Waals surface area (Å²) in [4.78, 5) is 0. The smallest absolute Gasteiger partial charge is 0.205 e. The minimum absolute atomic E-state index is 0.0185. The minimum Gasteiger partial charge on any atom is -0.508 e. The maximum Gasteiger partial charge on any atom is 0.205 e. The first-order valence-corrected chi connectivity index (χ1v) is 7.26. The fraction of sp³-hybridized carbons (Fsp3) is 0.0625. The minimum atomic E-state index is -0.508. The molecule has 0 bridgehead atoms. The lowest BCUT2D eigenvalue weighted by Crippen LogP contribution is -2.21. The topological polar surface area (TPSA) is 105 Å². The van der Waals surface area contributed by atoms with Gasteiger partial charge in [0, 0.05) is 27.4 Å². The molecule has 1 atom stereocenters. The number of halogens is 1. The highest BCUT2D eigenvalue weighted by atomic mass is 79.9. The van der Waals surface area contributed by atoms with E-state index >= 15 is 0 Å². The summed E-state index contributed by atoms with van der Waals surface area (Å²) < 4.78 is 6.29. The summed E-state index contributed by atoms with van der Waals surface area (Å²) in [6.45, 7) is 0. The van der Waals surface area contributed by atoms with E-state index in [0.717, 1.165) is 10.0 Å². The summed E-state index contributed by atoms with van der Waals surface area (Å²) in [5.74, 6) is 0.0797. The molecule has 0 unspecified atom stereocenters. The fourth-order valence-corrected chi connectivity index (χ4v) is 2.93. The van der Waals surface area contributed by atoms with Crippen LogP contribution >= 0.6 is 15.9 Å². The molecule has 0 aliphatic carbocycles. The standard InChI is InChI=1S/C16H12BrN3O2/c17-8-1-4-13(21)11(5-8)15-10-3-2-9(19)6-14(10)22-16(20)12(15)7-18/h1-6,15,21H,19-20H2/t15-/m0/s1. The van der Waals surface area contributed by atoms with E-state index in [0.29, 0.717) is 17.0 Å². The first-order chi connectivity index (χ1) is 10.5. The molecule has 0 saturated heterocycles. The zero-order valence-electron chi connectivity index (χ0n) is 11.4. The molecule has 0 radical (unpaired) electrons. The molecule has 110 valence electrons. The van der Waals surface area contributed by atoms with Crippen molar-refractivity contribution in [3.05, 3.63) is 63.5 Å². The molecule has 3 rings (SSSR count). The maximum absolute atomic E-state index is 10.2. The van der Waals surface area contributed by atoms with Crippen molar-refractivity contribution in [3.63, 3.8) is 0 Å². The van der Waals surface area contributed by atoms with Crippen LogP contribution in [0.4, 0.5) is 5.69 Å². The molecule has 0 saturated carbocycles. The van der Waals surface area contributed by atoms with E-state index < -0.39 is 5.92 Å². The summed E-state index contributed by atoms with van der Waals surface area (Å²) in [6, 6.07) is 12.3. The van der Waals surface area contributed by atoms with Gasteiger partial charge in [-0.2, -0.15) is 5.26 Å². The summed E-state index contributed by atoms with van der Waals surface area (Å²) in [7, 11) is 0. The lowest BCUT2D eigenvalue weighted by molar-refractivity contribution is 0.392. The Labute approximate surface area is 135 Å². The Morgan fingerprint density at radius 1 is 1.14 bits per heavy atom. The van der Waals surface area contributed by atoms with E-state index in [9.17, 15) is 10.4 Å².